The van der Waals surface area contributed by atoms with Crippen molar-refractivity contribution >= 4 is 35.6 Å². The lowest BCUT2D eigenvalue weighted by molar-refractivity contribution is -0.160. The number of aliphatic carboxylic acids is 2. The van der Waals surface area contributed by atoms with Crippen molar-refractivity contribution in [3.05, 3.63) is 95.6 Å². The summed E-state index contributed by atoms with van der Waals surface area (Å²) >= 11 is 0. The van der Waals surface area contributed by atoms with E-state index >= 15 is 0 Å². The van der Waals surface area contributed by atoms with Crippen LogP contribution in [0, 0.1) is 0 Å². The molecule has 1 heterocycles. The Labute approximate surface area is 287 Å². The van der Waals surface area contributed by atoms with E-state index in [1.807, 2.05) is 30.3 Å². The monoisotopic (exact) mass is 690 g/mol. The first-order valence-corrected chi connectivity index (χ1v) is 15.5. The number of carbonyl (C=O) groups is 5. The van der Waals surface area contributed by atoms with Gasteiger partial charge in [-0.15, -0.1) is 0 Å². The van der Waals surface area contributed by atoms with Crippen molar-refractivity contribution in [2.75, 3.05) is 13.2 Å². The number of alkyl carbamates (subject to hydrolysis) is 1. The van der Waals surface area contributed by atoms with Crippen LogP contribution < -0.4 is 20.1 Å². The molecule has 5 N–H and O–H groups in total. The molecule has 1 fully saturated rings. The van der Waals surface area contributed by atoms with Gasteiger partial charge in [0.15, 0.2) is 11.8 Å². The number of rotatable bonds is 15. The Morgan fingerprint density at radius 3 is 2.08 bits per heavy atom. The molecule has 1 aliphatic rings. The molecule has 3 amide bonds. The van der Waals surface area contributed by atoms with Crippen LogP contribution in [0.25, 0.3) is 0 Å². The third-order valence-electron chi connectivity index (χ3n) is 7.36. The van der Waals surface area contributed by atoms with Gasteiger partial charge in [0.25, 0.3) is 5.91 Å². The Morgan fingerprint density at radius 1 is 0.900 bits per heavy atom. The highest BCUT2D eigenvalue weighted by molar-refractivity contribution is 6.45. The zero-order valence-electron chi connectivity index (χ0n) is 27.6. The van der Waals surface area contributed by atoms with Crippen molar-refractivity contribution in [1.29, 1.82) is 0 Å². The van der Waals surface area contributed by atoms with Gasteiger partial charge in [0.05, 0.1) is 13.2 Å². The summed E-state index contributed by atoms with van der Waals surface area (Å²) in [5.74, 6) is -3.20. The van der Waals surface area contributed by atoms with Crippen molar-refractivity contribution in [2.45, 2.75) is 57.5 Å². The first-order valence-electron chi connectivity index (χ1n) is 15.5. The Kier molecular flexibility index (Phi) is 12.0. The third-order valence-corrected chi connectivity index (χ3v) is 7.36. The number of carboxylic acids is 2. The van der Waals surface area contributed by atoms with Gasteiger partial charge in [-0.3, -0.25) is 9.59 Å². The number of nitrogens with one attached hydrogen (secondary N) is 2. The van der Waals surface area contributed by atoms with Gasteiger partial charge >= 0.3 is 18.0 Å². The molecule has 3 aromatic carbocycles. The summed E-state index contributed by atoms with van der Waals surface area (Å²) in [5.41, 5.74) is 0.282. The lowest BCUT2D eigenvalue weighted by atomic mass is 9.97. The van der Waals surface area contributed by atoms with Crippen molar-refractivity contribution in [2.24, 2.45) is 5.16 Å². The van der Waals surface area contributed by atoms with Crippen molar-refractivity contribution in [3.63, 3.8) is 0 Å². The molecule has 0 aromatic heterocycles. The van der Waals surface area contributed by atoms with E-state index in [0.717, 1.165) is 10.5 Å². The first kappa shape index (κ1) is 36.7. The predicted octanol–water partition coefficient (Wildman–Crippen LogP) is 3.34. The van der Waals surface area contributed by atoms with Crippen LogP contribution in [0.4, 0.5) is 4.79 Å². The minimum absolute atomic E-state index is 0.0776. The highest BCUT2D eigenvalue weighted by atomic mass is 16.6. The van der Waals surface area contributed by atoms with Crippen LogP contribution in [0.3, 0.4) is 0 Å². The minimum atomic E-state index is -1.30. The van der Waals surface area contributed by atoms with Crippen LogP contribution in [-0.2, 0) is 30.5 Å². The van der Waals surface area contributed by atoms with E-state index in [-0.39, 0.29) is 25.1 Å². The molecule has 3 unspecified atom stereocenters. The molecule has 3 aromatic rings. The van der Waals surface area contributed by atoms with E-state index in [1.54, 1.807) is 45.0 Å². The first-order chi connectivity index (χ1) is 23.8. The predicted molar refractivity (Wildman–Crippen MR) is 177 cm³/mol. The maximum atomic E-state index is 13.0. The van der Waals surface area contributed by atoms with Crippen molar-refractivity contribution in [3.8, 4) is 11.5 Å². The van der Waals surface area contributed by atoms with Crippen molar-refractivity contribution < 1.29 is 53.6 Å². The van der Waals surface area contributed by atoms with Crippen LogP contribution >= 0.6 is 0 Å². The number of ether oxygens (including phenoxy) is 3. The molecule has 15 nitrogen and oxygen atoms in total. The number of oxime groups is 1. The maximum Gasteiger partial charge on any atom is 0.408 e. The van der Waals surface area contributed by atoms with Crippen molar-refractivity contribution in [1.82, 2.24) is 15.5 Å². The number of β-lactam (4-membered cyclic amide) rings is 1. The number of benzene rings is 3. The van der Waals surface area contributed by atoms with E-state index < -0.39 is 59.3 Å². The Balaban J connectivity index is 1.28. The molecule has 0 spiro atoms. The maximum absolute atomic E-state index is 13.0. The molecular weight excluding hydrogens is 652 g/mol. The summed E-state index contributed by atoms with van der Waals surface area (Å²) in [6, 6.07) is 18.0. The Bertz CT molecular complexity index is 1710. The van der Waals surface area contributed by atoms with Gasteiger partial charge in [-0.2, -0.15) is 0 Å². The van der Waals surface area contributed by atoms with Crippen LogP contribution in [0.15, 0.2) is 84.0 Å². The number of nitrogens with zero attached hydrogens (tertiary/aromatic N) is 2. The average Bonchev–Trinajstić information content (AvgIpc) is 3.07. The number of amides is 3. The highest BCUT2D eigenvalue weighted by Gasteiger charge is 2.45. The second-order valence-corrected chi connectivity index (χ2v) is 12.2. The lowest BCUT2D eigenvalue weighted by Gasteiger charge is -2.42. The third kappa shape index (κ3) is 9.95. The highest BCUT2D eigenvalue weighted by Crippen LogP contribution is 2.29. The molecule has 50 heavy (non-hydrogen) atoms. The van der Waals surface area contributed by atoms with E-state index in [2.05, 4.69) is 15.8 Å². The normalized spacial score (nSPS) is 15.6. The van der Waals surface area contributed by atoms with Gasteiger partial charge in [-0.05, 0) is 68.3 Å². The Hall–Kier alpha value is -6.12. The fraction of sp³-hybridized carbons (Fsp3) is 0.314. The molecule has 0 radical (unpaired) electrons. The second-order valence-electron chi connectivity index (χ2n) is 12.2. The standard InChI is InChI=1S/C35H38N4O11/c1-35(2,3)50-34(46)37-26(32(42)43)17-18-48-24-13-9-22(10-14-24)28(38-47)30(40)36-27-19-39(31(27)41)29(33(44)45)23-11-15-25(16-12-23)49-20-21-7-5-4-6-8-21/h4-16,26-27,29,47H,17-20H2,1-3H3,(H,36,40)(H,37,46)(H,42,43)(H,44,45)/b38-28-. The summed E-state index contributed by atoms with van der Waals surface area (Å²) in [6.45, 7) is 5.09. The van der Waals surface area contributed by atoms with Crippen LogP contribution in [0.1, 0.15) is 49.9 Å². The molecule has 264 valence electrons. The van der Waals surface area contributed by atoms with Gasteiger partial charge in [-0.1, -0.05) is 47.6 Å². The smallest absolute Gasteiger partial charge is 0.408 e. The number of hydrogen-bond acceptors (Lipinski definition) is 10. The van der Waals surface area contributed by atoms with Crippen LogP contribution in [0.2, 0.25) is 0 Å². The van der Waals surface area contributed by atoms with Crippen LogP contribution in [-0.4, -0.2) is 86.7 Å². The number of likely N-dealkylation sites (tertiary alicyclic amines) is 1. The summed E-state index contributed by atoms with van der Waals surface area (Å²) in [6.07, 6.45) is -0.956. The van der Waals surface area contributed by atoms with Gasteiger partial charge in [-0.25, -0.2) is 14.4 Å². The fourth-order valence-electron chi connectivity index (χ4n) is 4.91. The molecule has 0 saturated carbocycles. The Morgan fingerprint density at radius 2 is 1.52 bits per heavy atom. The summed E-state index contributed by atoms with van der Waals surface area (Å²) in [7, 11) is 0. The molecule has 4 rings (SSSR count). The summed E-state index contributed by atoms with van der Waals surface area (Å²) in [5, 5.41) is 36.7. The summed E-state index contributed by atoms with van der Waals surface area (Å²) in [4.78, 5) is 62.7. The zero-order chi connectivity index (χ0) is 36.4. The van der Waals surface area contributed by atoms with E-state index in [0.29, 0.717) is 23.7 Å². The van der Waals surface area contributed by atoms with Gasteiger partial charge in [0.2, 0.25) is 5.91 Å². The molecule has 1 aliphatic heterocycles. The van der Waals surface area contributed by atoms with E-state index in [4.69, 9.17) is 14.2 Å². The van der Waals surface area contributed by atoms with E-state index in [9.17, 15) is 39.4 Å². The second kappa shape index (κ2) is 16.3. The molecular formula is C35H38N4O11. The quantitative estimate of drug-likeness (QED) is 0.0675. The number of carbonyl (C=O) groups excluding carboxylic acids is 3. The molecule has 1 saturated heterocycles. The van der Waals surface area contributed by atoms with Gasteiger partial charge in [0, 0.05) is 12.0 Å². The van der Waals surface area contributed by atoms with Gasteiger partial charge in [0.1, 0.15) is 35.8 Å². The van der Waals surface area contributed by atoms with Gasteiger partial charge < -0.3 is 45.2 Å². The fourth-order valence-corrected chi connectivity index (χ4v) is 4.91. The van der Waals surface area contributed by atoms with E-state index in [1.165, 1.54) is 24.3 Å². The minimum Gasteiger partial charge on any atom is -0.494 e. The topological polar surface area (TPSA) is 213 Å². The summed E-state index contributed by atoms with van der Waals surface area (Å²) < 4.78 is 16.4. The van der Waals surface area contributed by atoms with Crippen LogP contribution in [0.5, 0.6) is 11.5 Å². The lowest BCUT2D eigenvalue weighted by Crippen LogP contribution is -2.66. The number of hydrogen-bond donors (Lipinski definition) is 5. The molecule has 15 heteroatoms. The zero-order valence-corrected chi connectivity index (χ0v) is 27.6. The molecule has 3 atom stereocenters. The SMILES string of the molecule is CC(C)(C)OC(=O)NC(CCOc1ccc(/C(=N/O)C(=O)NC2CN(C(C(=O)O)c3ccc(OCc4ccccc4)cc3)C2=O)cc1)C(=O)O. The molecule has 0 bridgehead atoms. The molecule has 0 aliphatic carbocycles. The average molecular weight is 691 g/mol. The number of carboxylic acid groups (broad SMARTS) is 2. The largest absolute Gasteiger partial charge is 0.494 e.